The molecule has 0 heterocycles. The van der Waals surface area contributed by atoms with Gasteiger partial charge in [0.15, 0.2) is 0 Å². The Balaban J connectivity index is 0. The molecule has 0 aromatic carbocycles. The maximum atomic E-state index is 0. The second kappa shape index (κ2) is 294. The third kappa shape index (κ3) is 254. The topological polar surface area (TPSA) is 200 Å². The van der Waals surface area contributed by atoms with Gasteiger partial charge in [0, 0.05) is 0 Å². The first-order valence-corrected chi connectivity index (χ1v) is 0. The molecule has 0 fully saturated rings. The van der Waals surface area contributed by atoms with Gasteiger partial charge in [0.2, 0.25) is 0 Å². The Morgan fingerprint density at radius 2 is 0.308 bits per heavy atom. The molecule has 0 aromatic heterocycles. The third-order valence-electron chi connectivity index (χ3n) is 0. The number of rotatable bonds is 0. The van der Waals surface area contributed by atoms with Crippen LogP contribution in [0.4, 0.5) is 0 Å². The Morgan fingerprint density at radius 1 is 0.308 bits per heavy atom. The Hall–Kier alpha value is 3.25. The predicted octanol–water partition coefficient (Wildman–Crippen LogP) is -7.59. The molecule has 0 unspecified atom stereocenters. The molecular weight excluding hydrogens is 402 g/mol. The van der Waals surface area contributed by atoms with Crippen LogP contribution in [0.3, 0.4) is 0 Å². The molecule has 0 aliphatic heterocycles. The van der Waals surface area contributed by atoms with E-state index in [9.17, 15) is 0 Å². The molecular formula is Ge2Li2O7Zn2. The number of hydrogen-bond donors (Lipinski definition) is 0. The molecule has 0 bridgehead atoms. The summed E-state index contributed by atoms with van der Waals surface area (Å²) in [5, 5.41) is 0. The zero-order valence-electron chi connectivity index (χ0n) is 7.27. The molecule has 0 radical (unpaired) electrons. The van der Waals surface area contributed by atoms with Crippen LogP contribution in [0, 0.1) is 0 Å². The van der Waals surface area contributed by atoms with Crippen molar-refractivity contribution < 1.29 is 115 Å². The van der Waals surface area contributed by atoms with E-state index in [-0.39, 0.29) is 150 Å². The van der Waals surface area contributed by atoms with Gasteiger partial charge in [-0.25, -0.2) is 0 Å². The van der Waals surface area contributed by atoms with Gasteiger partial charge in [-0.2, -0.15) is 0 Å². The summed E-state index contributed by atoms with van der Waals surface area (Å²) in [6.45, 7) is 0. The van der Waals surface area contributed by atoms with Crippen molar-refractivity contribution >= 4 is 35.2 Å². The molecule has 56 valence electrons. The van der Waals surface area contributed by atoms with E-state index < -0.39 is 0 Å². The fourth-order valence-electron chi connectivity index (χ4n) is 0. The second-order valence-corrected chi connectivity index (χ2v) is 0. The molecule has 0 N–H and O–H groups in total. The zero-order chi connectivity index (χ0) is 0. The van der Waals surface area contributed by atoms with Crippen LogP contribution in [0.5, 0.6) is 0 Å². The summed E-state index contributed by atoms with van der Waals surface area (Å²) in [6.07, 6.45) is 0. The van der Waals surface area contributed by atoms with Gasteiger partial charge in [0.1, 0.15) is 0 Å². The summed E-state index contributed by atoms with van der Waals surface area (Å²) >= 11 is 0. The molecule has 13 heteroatoms. The molecule has 0 rings (SSSR count). The Kier molecular flexibility index (Phi) is 8090. The van der Waals surface area contributed by atoms with Crippen LogP contribution >= 0.6 is 0 Å². The van der Waals surface area contributed by atoms with E-state index in [1.165, 1.54) is 0 Å². The molecule has 0 amide bonds. The first kappa shape index (κ1) is 358. The van der Waals surface area contributed by atoms with Crippen LogP contribution < -0.4 is 37.7 Å². The fourth-order valence-corrected chi connectivity index (χ4v) is 0. The largest absolute Gasteiger partial charge is 4.00 e. The maximum Gasteiger partial charge on any atom is 4.00 e. The molecule has 0 aromatic rings. The van der Waals surface area contributed by atoms with E-state index in [1.807, 2.05) is 0 Å². The van der Waals surface area contributed by atoms with Crippen LogP contribution in [0.25, 0.3) is 0 Å². The molecule has 0 aliphatic rings. The summed E-state index contributed by atoms with van der Waals surface area (Å²) in [6, 6.07) is 0. The van der Waals surface area contributed by atoms with Crippen molar-refractivity contribution in [1.29, 1.82) is 0 Å². The van der Waals surface area contributed by atoms with Crippen LogP contribution in [0.2, 0.25) is 0 Å². The molecule has 7 nitrogen and oxygen atoms in total. The van der Waals surface area contributed by atoms with Gasteiger partial charge in [0.25, 0.3) is 0 Å². The van der Waals surface area contributed by atoms with E-state index in [0.29, 0.717) is 0 Å². The van der Waals surface area contributed by atoms with Gasteiger partial charge in [-0.15, -0.1) is 0 Å². The Labute approximate surface area is 148 Å². The van der Waals surface area contributed by atoms with E-state index >= 15 is 0 Å². The van der Waals surface area contributed by atoms with Crippen molar-refractivity contribution in [3.8, 4) is 0 Å². The van der Waals surface area contributed by atoms with Gasteiger partial charge in [0.05, 0.1) is 0 Å². The van der Waals surface area contributed by atoms with E-state index in [2.05, 4.69) is 0 Å². The minimum atomic E-state index is 0. The Morgan fingerprint density at radius 3 is 0.308 bits per heavy atom. The molecule has 0 atom stereocenters. The van der Waals surface area contributed by atoms with Gasteiger partial charge in [-0.1, -0.05) is 0 Å². The minimum Gasteiger partial charge on any atom is -2.00 e. The summed E-state index contributed by atoms with van der Waals surface area (Å²) in [4.78, 5) is 0. The van der Waals surface area contributed by atoms with Gasteiger partial charge in [-0.05, 0) is 0 Å². The van der Waals surface area contributed by atoms with E-state index in [4.69, 9.17) is 0 Å². The van der Waals surface area contributed by atoms with E-state index in [0.717, 1.165) is 0 Å². The summed E-state index contributed by atoms with van der Waals surface area (Å²) in [5.41, 5.74) is 0. The number of hydrogen-bond acceptors (Lipinski definition) is 0. The smallest absolute Gasteiger partial charge is 2.00 e. The van der Waals surface area contributed by atoms with Crippen molar-refractivity contribution in [2.75, 3.05) is 0 Å². The van der Waals surface area contributed by atoms with Crippen LogP contribution in [0.15, 0.2) is 0 Å². The molecule has 13 heavy (non-hydrogen) atoms. The average molecular weight is 402 g/mol. The maximum absolute atomic E-state index is 0. The fraction of sp³-hybridized carbons (Fsp3) is 0. The second-order valence-electron chi connectivity index (χ2n) is 0. The van der Waals surface area contributed by atoms with E-state index in [1.54, 1.807) is 0 Å². The molecule has 0 aliphatic carbocycles. The van der Waals surface area contributed by atoms with Gasteiger partial charge in [-0.3, -0.25) is 0 Å². The first-order valence-electron chi connectivity index (χ1n) is 0. The SMILES string of the molecule is [Ge+4].[Ge+4].[Li+].[Li+].[O-2].[O-2].[O-2].[O-2].[O-2].[O-2].[O-2].[Zn+2].[Zn+2]. The molecule has 0 saturated carbocycles. The summed E-state index contributed by atoms with van der Waals surface area (Å²) < 4.78 is 0. The molecule has 0 saturated heterocycles. The minimum absolute atomic E-state index is 0. The normalized spacial score (nSPS) is 0. The third-order valence-corrected chi connectivity index (χ3v) is 0. The van der Waals surface area contributed by atoms with Gasteiger partial charge < -0.3 is 38.3 Å². The predicted molar refractivity (Wildman–Crippen MR) is 16.3 cm³/mol. The van der Waals surface area contributed by atoms with Gasteiger partial charge >= 0.3 is 112 Å². The van der Waals surface area contributed by atoms with Crippen molar-refractivity contribution in [2.24, 2.45) is 0 Å². The first-order chi connectivity index (χ1) is 0. The standard InChI is InChI=1S/2Ge.2Li.7O.2Zn/q2*+4;2*+1;7*-2;2*+2. The van der Waals surface area contributed by atoms with Crippen molar-refractivity contribution in [1.82, 2.24) is 0 Å². The van der Waals surface area contributed by atoms with Crippen molar-refractivity contribution in [3.05, 3.63) is 0 Å². The zero-order valence-corrected chi connectivity index (χ0v) is 17.4. The van der Waals surface area contributed by atoms with Crippen molar-refractivity contribution in [2.45, 2.75) is 0 Å². The van der Waals surface area contributed by atoms with Crippen LogP contribution in [0.1, 0.15) is 0 Å². The Bertz CT molecular complexity index is 22.5. The molecule has 0 spiro atoms. The summed E-state index contributed by atoms with van der Waals surface area (Å²) in [7, 11) is 0. The van der Waals surface area contributed by atoms with Crippen LogP contribution in [-0.2, 0) is 77.3 Å². The van der Waals surface area contributed by atoms with Crippen LogP contribution in [-0.4, -0.2) is 35.2 Å². The quantitative estimate of drug-likeness (QED) is 0.347. The summed E-state index contributed by atoms with van der Waals surface area (Å²) in [5.74, 6) is 0. The monoisotopic (exact) mass is 402 g/mol. The average Bonchev–Trinajstić information content (AvgIpc) is 0. The van der Waals surface area contributed by atoms with Crippen molar-refractivity contribution in [3.63, 3.8) is 0 Å².